The summed E-state index contributed by atoms with van der Waals surface area (Å²) < 4.78 is 12.7. The van der Waals surface area contributed by atoms with E-state index in [-0.39, 0.29) is 17.6 Å². The SMILES string of the molecule is CC(=O)N(C)C1CCC2(CC1)CN(Cc1ccc3c(c1)CC(C)O3)Cc1ccccc1O2. The van der Waals surface area contributed by atoms with Crippen LogP contribution < -0.4 is 9.47 Å². The summed E-state index contributed by atoms with van der Waals surface area (Å²) in [6, 6.07) is 15.4. The fraction of sp³-hybridized carbons (Fsp3) is 0.519. The predicted molar refractivity (Wildman–Crippen MR) is 125 cm³/mol. The summed E-state index contributed by atoms with van der Waals surface area (Å²) in [4.78, 5) is 16.3. The van der Waals surface area contributed by atoms with Crippen LogP contribution in [0.1, 0.15) is 56.2 Å². The lowest BCUT2D eigenvalue weighted by atomic mass is 9.81. The lowest BCUT2D eigenvalue weighted by molar-refractivity contribution is -0.131. The number of fused-ring (bicyclic) bond motifs is 2. The van der Waals surface area contributed by atoms with Crippen molar-refractivity contribution in [3.63, 3.8) is 0 Å². The van der Waals surface area contributed by atoms with Crippen molar-refractivity contribution in [1.29, 1.82) is 0 Å². The summed E-state index contributed by atoms with van der Waals surface area (Å²) in [6.07, 6.45) is 5.17. The lowest BCUT2D eigenvalue weighted by Crippen LogP contribution is -2.51. The normalized spacial score (nSPS) is 27.1. The Morgan fingerprint density at radius 3 is 2.69 bits per heavy atom. The maximum absolute atomic E-state index is 11.9. The second-order valence-corrected chi connectivity index (χ2v) is 9.97. The molecule has 1 fully saturated rings. The Hall–Kier alpha value is -2.53. The van der Waals surface area contributed by atoms with E-state index in [1.807, 2.05) is 11.9 Å². The molecule has 2 aliphatic heterocycles. The van der Waals surface area contributed by atoms with E-state index in [4.69, 9.17) is 9.47 Å². The van der Waals surface area contributed by atoms with Crippen molar-refractivity contribution in [3.8, 4) is 11.5 Å². The van der Waals surface area contributed by atoms with Crippen LogP contribution in [-0.2, 0) is 24.3 Å². The summed E-state index contributed by atoms with van der Waals surface area (Å²) in [7, 11) is 1.93. The summed E-state index contributed by atoms with van der Waals surface area (Å²) in [5.41, 5.74) is 3.71. The number of carbonyl (C=O) groups excluding carboxylic acids is 1. The van der Waals surface area contributed by atoms with Crippen molar-refractivity contribution >= 4 is 5.91 Å². The molecule has 0 saturated heterocycles. The van der Waals surface area contributed by atoms with Crippen LogP contribution >= 0.6 is 0 Å². The van der Waals surface area contributed by atoms with E-state index in [2.05, 4.69) is 54.3 Å². The third-order valence-electron chi connectivity index (χ3n) is 7.48. The highest BCUT2D eigenvalue weighted by atomic mass is 16.5. The first-order valence-electron chi connectivity index (χ1n) is 11.9. The van der Waals surface area contributed by atoms with Crippen molar-refractivity contribution in [2.75, 3.05) is 13.6 Å². The fourth-order valence-electron chi connectivity index (χ4n) is 5.68. The van der Waals surface area contributed by atoms with Gasteiger partial charge in [0.2, 0.25) is 5.91 Å². The molecular weight excluding hydrogens is 400 g/mol. The highest BCUT2D eigenvalue weighted by Gasteiger charge is 2.42. The molecule has 2 aromatic rings. The Kier molecular flexibility index (Phi) is 5.62. The molecule has 2 heterocycles. The molecule has 1 saturated carbocycles. The molecule has 3 aliphatic rings. The molecule has 1 amide bonds. The maximum atomic E-state index is 11.9. The summed E-state index contributed by atoms with van der Waals surface area (Å²) in [5.74, 6) is 2.20. The van der Waals surface area contributed by atoms with Crippen LogP contribution in [0.2, 0.25) is 0 Å². The van der Waals surface area contributed by atoms with Crippen molar-refractivity contribution in [2.24, 2.45) is 0 Å². The molecule has 0 radical (unpaired) electrons. The number of benzene rings is 2. The van der Waals surface area contributed by atoms with Crippen molar-refractivity contribution in [1.82, 2.24) is 9.80 Å². The molecule has 0 bridgehead atoms. The summed E-state index contributed by atoms with van der Waals surface area (Å²) >= 11 is 0. The van der Waals surface area contributed by atoms with E-state index in [1.54, 1.807) is 6.92 Å². The number of hydrogen-bond acceptors (Lipinski definition) is 4. The second-order valence-electron chi connectivity index (χ2n) is 9.97. The van der Waals surface area contributed by atoms with Crippen LogP contribution in [-0.4, -0.2) is 47.0 Å². The first-order chi connectivity index (χ1) is 15.4. The quantitative estimate of drug-likeness (QED) is 0.710. The van der Waals surface area contributed by atoms with Crippen LogP contribution in [0.25, 0.3) is 0 Å². The first kappa shape index (κ1) is 21.3. The number of hydrogen-bond donors (Lipinski definition) is 0. The molecule has 0 N–H and O–H groups in total. The zero-order chi connectivity index (χ0) is 22.3. The van der Waals surface area contributed by atoms with Gasteiger partial charge in [-0.15, -0.1) is 0 Å². The van der Waals surface area contributed by atoms with Crippen molar-refractivity contribution in [2.45, 2.75) is 76.8 Å². The fourth-order valence-corrected chi connectivity index (χ4v) is 5.68. The Morgan fingerprint density at radius 1 is 1.12 bits per heavy atom. The topological polar surface area (TPSA) is 42.0 Å². The molecule has 5 nitrogen and oxygen atoms in total. The van der Waals surface area contributed by atoms with Gasteiger partial charge in [-0.1, -0.05) is 30.3 Å². The Morgan fingerprint density at radius 2 is 1.91 bits per heavy atom. The van der Waals surface area contributed by atoms with E-state index in [1.165, 1.54) is 16.7 Å². The van der Waals surface area contributed by atoms with Crippen LogP contribution in [0.15, 0.2) is 42.5 Å². The van der Waals surface area contributed by atoms with Crippen LogP contribution in [0.3, 0.4) is 0 Å². The maximum Gasteiger partial charge on any atom is 0.219 e. The molecule has 170 valence electrons. The molecular formula is C27H34N2O3. The number of amides is 1. The highest BCUT2D eigenvalue weighted by Crippen LogP contribution is 2.40. The largest absolute Gasteiger partial charge is 0.490 e. The molecule has 1 aliphatic carbocycles. The van der Waals surface area contributed by atoms with Gasteiger partial charge in [-0.3, -0.25) is 9.69 Å². The van der Waals surface area contributed by atoms with Gasteiger partial charge < -0.3 is 14.4 Å². The highest BCUT2D eigenvalue weighted by molar-refractivity contribution is 5.73. The van der Waals surface area contributed by atoms with Gasteiger partial charge in [-0.25, -0.2) is 0 Å². The minimum absolute atomic E-state index is 0.148. The first-order valence-corrected chi connectivity index (χ1v) is 11.9. The lowest BCUT2D eigenvalue weighted by Gasteiger charge is -2.43. The zero-order valence-corrected chi connectivity index (χ0v) is 19.5. The van der Waals surface area contributed by atoms with E-state index in [0.717, 1.165) is 63.2 Å². The van der Waals surface area contributed by atoms with Gasteiger partial charge in [0.25, 0.3) is 0 Å². The van der Waals surface area contributed by atoms with Gasteiger partial charge in [-0.2, -0.15) is 0 Å². The van der Waals surface area contributed by atoms with E-state index >= 15 is 0 Å². The van der Waals surface area contributed by atoms with E-state index in [9.17, 15) is 4.79 Å². The van der Waals surface area contributed by atoms with Gasteiger partial charge in [0.1, 0.15) is 23.2 Å². The van der Waals surface area contributed by atoms with E-state index in [0.29, 0.717) is 6.04 Å². The van der Waals surface area contributed by atoms with Gasteiger partial charge in [-0.05, 0) is 55.9 Å². The number of carbonyl (C=O) groups is 1. The second kappa shape index (κ2) is 8.43. The van der Waals surface area contributed by atoms with Crippen molar-refractivity contribution < 1.29 is 14.3 Å². The molecule has 1 unspecified atom stereocenters. The molecule has 0 aromatic heterocycles. The minimum atomic E-state index is -0.199. The Labute approximate surface area is 191 Å². The monoisotopic (exact) mass is 434 g/mol. The third-order valence-corrected chi connectivity index (χ3v) is 7.48. The van der Waals surface area contributed by atoms with Gasteiger partial charge >= 0.3 is 0 Å². The number of ether oxygens (including phenoxy) is 2. The Bertz CT molecular complexity index is 996. The molecule has 2 aromatic carbocycles. The standard InChI is InChI=1S/C27H34N2O3/c1-19-14-23-15-21(8-9-25(23)31-19)16-29-17-22-6-4-5-7-26(22)32-27(18-29)12-10-24(11-13-27)28(3)20(2)30/h4-9,15,19,24H,10-14,16-18H2,1-3H3. The average Bonchev–Trinajstić information content (AvgIpc) is 3.06. The smallest absolute Gasteiger partial charge is 0.219 e. The zero-order valence-electron chi connectivity index (χ0n) is 19.5. The van der Waals surface area contributed by atoms with Crippen LogP contribution in [0.4, 0.5) is 0 Å². The molecule has 32 heavy (non-hydrogen) atoms. The minimum Gasteiger partial charge on any atom is -0.490 e. The Balaban J connectivity index is 1.37. The molecule has 1 spiro atoms. The number of nitrogens with zero attached hydrogens (tertiary/aromatic N) is 2. The van der Waals surface area contributed by atoms with Gasteiger partial charge in [0.05, 0.1) is 0 Å². The number of para-hydroxylation sites is 1. The molecule has 5 heteroatoms. The van der Waals surface area contributed by atoms with Gasteiger partial charge in [0, 0.05) is 51.6 Å². The molecule has 1 atom stereocenters. The average molecular weight is 435 g/mol. The third kappa shape index (κ3) is 4.23. The summed E-state index contributed by atoms with van der Waals surface area (Å²) in [6.45, 7) is 6.48. The van der Waals surface area contributed by atoms with Crippen molar-refractivity contribution in [3.05, 3.63) is 59.2 Å². The van der Waals surface area contributed by atoms with Crippen LogP contribution in [0.5, 0.6) is 11.5 Å². The summed E-state index contributed by atoms with van der Waals surface area (Å²) in [5, 5.41) is 0. The number of rotatable bonds is 3. The predicted octanol–water partition coefficient (Wildman–Crippen LogP) is 4.56. The van der Waals surface area contributed by atoms with Gasteiger partial charge in [0.15, 0.2) is 0 Å². The van der Waals surface area contributed by atoms with E-state index < -0.39 is 0 Å². The molecule has 5 rings (SSSR count). The van der Waals surface area contributed by atoms with Crippen LogP contribution in [0, 0.1) is 0 Å².